The second kappa shape index (κ2) is 5.16. The summed E-state index contributed by atoms with van der Waals surface area (Å²) >= 11 is 1.98. The minimum absolute atomic E-state index is 0.627. The van der Waals surface area contributed by atoms with Crippen molar-refractivity contribution >= 4 is 11.8 Å². The van der Waals surface area contributed by atoms with Gasteiger partial charge in [0.1, 0.15) is 0 Å². The van der Waals surface area contributed by atoms with E-state index in [0.29, 0.717) is 11.8 Å². The minimum Gasteiger partial charge on any atom is -0.336 e. The summed E-state index contributed by atoms with van der Waals surface area (Å²) in [6.45, 7) is 1.69. The van der Waals surface area contributed by atoms with Gasteiger partial charge in [-0.2, -0.15) is 0 Å². The Balaban J connectivity index is 1.65. The number of benzene rings is 1. The summed E-state index contributed by atoms with van der Waals surface area (Å²) in [6.07, 6.45) is 6.07. The van der Waals surface area contributed by atoms with Crippen molar-refractivity contribution in [2.45, 2.75) is 29.5 Å². The lowest BCUT2D eigenvalue weighted by Gasteiger charge is -2.08. The van der Waals surface area contributed by atoms with Crippen molar-refractivity contribution in [1.29, 1.82) is 0 Å². The second-order valence-electron chi connectivity index (χ2n) is 4.65. The number of hydrogen-bond acceptors (Lipinski definition) is 3. The first-order valence-corrected chi connectivity index (χ1v) is 7.18. The van der Waals surface area contributed by atoms with Crippen LogP contribution in [0.25, 0.3) is 0 Å². The Morgan fingerprint density at radius 1 is 1.39 bits per heavy atom. The summed E-state index contributed by atoms with van der Waals surface area (Å²) in [7, 11) is 0. The van der Waals surface area contributed by atoms with Gasteiger partial charge >= 0.3 is 0 Å². The average molecular weight is 259 g/mol. The Hall–Kier alpha value is -1.26. The van der Waals surface area contributed by atoms with Crippen LogP contribution in [0.2, 0.25) is 0 Å². The summed E-state index contributed by atoms with van der Waals surface area (Å²) < 4.78 is 2.19. The van der Waals surface area contributed by atoms with Crippen LogP contribution in [0.15, 0.2) is 41.7 Å². The standard InChI is InChI=1S/C14H17N3S/c15-6-5-12-8-17(10-16-12)9-13-7-11-3-1-2-4-14(11)18-13/h1-4,8,10,13H,5-7,9,15H2. The molecule has 1 unspecified atom stereocenters. The smallest absolute Gasteiger partial charge is 0.0949 e. The van der Waals surface area contributed by atoms with Crippen molar-refractivity contribution in [3.8, 4) is 0 Å². The van der Waals surface area contributed by atoms with Gasteiger partial charge in [-0.05, 0) is 24.6 Å². The first kappa shape index (κ1) is 11.8. The van der Waals surface area contributed by atoms with Gasteiger partial charge in [-0.3, -0.25) is 0 Å². The highest BCUT2D eigenvalue weighted by atomic mass is 32.2. The third-order valence-corrected chi connectivity index (χ3v) is 4.52. The van der Waals surface area contributed by atoms with Crippen molar-refractivity contribution in [2.24, 2.45) is 5.73 Å². The largest absolute Gasteiger partial charge is 0.336 e. The number of imidazole rings is 1. The van der Waals surface area contributed by atoms with Crippen LogP contribution in [-0.2, 0) is 19.4 Å². The van der Waals surface area contributed by atoms with Gasteiger partial charge in [0.25, 0.3) is 0 Å². The number of fused-ring (bicyclic) bond motifs is 1. The van der Waals surface area contributed by atoms with Crippen LogP contribution in [0, 0.1) is 0 Å². The molecule has 4 heteroatoms. The molecule has 2 aromatic rings. The molecule has 1 aromatic carbocycles. The Bertz CT molecular complexity index is 510. The van der Waals surface area contributed by atoms with Gasteiger partial charge in [0.15, 0.2) is 0 Å². The Morgan fingerprint density at radius 2 is 2.28 bits per heavy atom. The molecular formula is C14H17N3S. The summed E-state index contributed by atoms with van der Waals surface area (Å²) in [5.41, 5.74) is 8.11. The molecule has 0 fully saturated rings. The molecular weight excluding hydrogens is 242 g/mol. The van der Waals surface area contributed by atoms with E-state index in [4.69, 9.17) is 5.73 Å². The van der Waals surface area contributed by atoms with Crippen LogP contribution in [-0.4, -0.2) is 21.3 Å². The zero-order valence-electron chi connectivity index (χ0n) is 10.2. The number of nitrogens with two attached hydrogens (primary N) is 1. The van der Waals surface area contributed by atoms with Gasteiger partial charge in [-0.1, -0.05) is 18.2 Å². The van der Waals surface area contributed by atoms with Gasteiger partial charge in [-0.25, -0.2) is 4.98 Å². The molecule has 1 aliphatic rings. The second-order valence-corrected chi connectivity index (χ2v) is 5.99. The minimum atomic E-state index is 0.627. The topological polar surface area (TPSA) is 43.8 Å². The molecule has 3 nitrogen and oxygen atoms in total. The zero-order chi connectivity index (χ0) is 12.4. The van der Waals surface area contributed by atoms with E-state index in [9.17, 15) is 0 Å². The SMILES string of the molecule is NCCc1cn(CC2Cc3ccccc3S2)cn1. The molecule has 0 saturated heterocycles. The summed E-state index contributed by atoms with van der Waals surface area (Å²) in [6, 6.07) is 8.69. The lowest BCUT2D eigenvalue weighted by molar-refractivity contribution is 0.662. The zero-order valence-corrected chi connectivity index (χ0v) is 11.1. The lowest BCUT2D eigenvalue weighted by Crippen LogP contribution is -2.10. The van der Waals surface area contributed by atoms with Crippen molar-refractivity contribution < 1.29 is 0 Å². The van der Waals surface area contributed by atoms with E-state index in [1.165, 1.54) is 10.5 Å². The molecule has 1 aliphatic heterocycles. The predicted molar refractivity (Wildman–Crippen MR) is 74.8 cm³/mol. The normalized spacial score (nSPS) is 17.9. The first-order chi connectivity index (χ1) is 8.85. The van der Waals surface area contributed by atoms with Crippen molar-refractivity contribution in [3.05, 3.63) is 48.0 Å². The van der Waals surface area contributed by atoms with Gasteiger partial charge in [-0.15, -0.1) is 11.8 Å². The van der Waals surface area contributed by atoms with E-state index < -0.39 is 0 Å². The number of thioether (sulfide) groups is 1. The fourth-order valence-electron chi connectivity index (χ4n) is 2.37. The van der Waals surface area contributed by atoms with Gasteiger partial charge < -0.3 is 10.3 Å². The number of aromatic nitrogens is 2. The number of rotatable bonds is 4. The van der Waals surface area contributed by atoms with Crippen LogP contribution in [0.1, 0.15) is 11.3 Å². The quantitative estimate of drug-likeness (QED) is 0.914. The summed E-state index contributed by atoms with van der Waals surface area (Å²) in [5, 5.41) is 0.627. The van der Waals surface area contributed by atoms with Crippen LogP contribution < -0.4 is 5.73 Å². The molecule has 18 heavy (non-hydrogen) atoms. The summed E-state index contributed by atoms with van der Waals surface area (Å²) in [4.78, 5) is 5.81. The molecule has 1 atom stereocenters. The van der Waals surface area contributed by atoms with Crippen molar-refractivity contribution in [2.75, 3.05) is 6.54 Å². The molecule has 2 N–H and O–H groups in total. The maximum Gasteiger partial charge on any atom is 0.0949 e. The Morgan fingerprint density at radius 3 is 3.11 bits per heavy atom. The maximum atomic E-state index is 5.54. The van der Waals surface area contributed by atoms with Crippen LogP contribution in [0.4, 0.5) is 0 Å². The third-order valence-electron chi connectivity index (χ3n) is 3.22. The fraction of sp³-hybridized carbons (Fsp3) is 0.357. The van der Waals surface area contributed by atoms with Gasteiger partial charge in [0.2, 0.25) is 0 Å². The van der Waals surface area contributed by atoms with Crippen LogP contribution >= 0.6 is 11.8 Å². The molecule has 1 aromatic heterocycles. The highest BCUT2D eigenvalue weighted by Gasteiger charge is 2.21. The van der Waals surface area contributed by atoms with Gasteiger partial charge in [0, 0.05) is 29.3 Å². The van der Waals surface area contributed by atoms with Crippen LogP contribution in [0.5, 0.6) is 0 Å². The molecule has 3 rings (SSSR count). The monoisotopic (exact) mass is 259 g/mol. The third kappa shape index (κ3) is 2.44. The Labute approximate surface area is 111 Å². The van der Waals surface area contributed by atoms with E-state index in [0.717, 1.165) is 25.1 Å². The Kier molecular flexibility index (Phi) is 3.39. The molecule has 0 aliphatic carbocycles. The highest BCUT2D eigenvalue weighted by Crippen LogP contribution is 2.37. The molecule has 0 radical (unpaired) electrons. The molecule has 94 valence electrons. The predicted octanol–water partition coefficient (Wildman–Crippen LogP) is 2.10. The molecule has 0 saturated carbocycles. The lowest BCUT2D eigenvalue weighted by atomic mass is 10.1. The molecule has 0 spiro atoms. The van der Waals surface area contributed by atoms with E-state index >= 15 is 0 Å². The maximum absolute atomic E-state index is 5.54. The summed E-state index contributed by atoms with van der Waals surface area (Å²) in [5.74, 6) is 0. The number of nitrogens with zero attached hydrogens (tertiary/aromatic N) is 2. The van der Waals surface area contributed by atoms with Crippen molar-refractivity contribution in [1.82, 2.24) is 9.55 Å². The van der Waals surface area contributed by atoms with E-state index in [1.807, 2.05) is 18.1 Å². The number of hydrogen-bond donors (Lipinski definition) is 1. The van der Waals surface area contributed by atoms with E-state index in [2.05, 4.69) is 40.0 Å². The molecule has 0 amide bonds. The van der Waals surface area contributed by atoms with Gasteiger partial charge in [0.05, 0.1) is 12.0 Å². The van der Waals surface area contributed by atoms with E-state index in [1.54, 1.807) is 0 Å². The molecule has 0 bridgehead atoms. The first-order valence-electron chi connectivity index (χ1n) is 6.30. The highest BCUT2D eigenvalue weighted by molar-refractivity contribution is 8.00. The fourth-order valence-corrected chi connectivity index (χ4v) is 3.70. The molecule has 2 heterocycles. The van der Waals surface area contributed by atoms with Crippen LogP contribution in [0.3, 0.4) is 0 Å². The average Bonchev–Trinajstić information content (AvgIpc) is 2.96. The van der Waals surface area contributed by atoms with E-state index in [-0.39, 0.29) is 0 Å². The van der Waals surface area contributed by atoms with Crippen molar-refractivity contribution in [3.63, 3.8) is 0 Å².